The van der Waals surface area contributed by atoms with Crippen LogP contribution in [0.1, 0.15) is 33.1 Å². The molecule has 2 fully saturated rings. The largest absolute Gasteiger partial charge is 0.339 e. The molecule has 2 unspecified atom stereocenters. The molecule has 5 nitrogen and oxygen atoms in total. The van der Waals surface area contributed by atoms with Crippen LogP contribution in [0.15, 0.2) is 0 Å². The summed E-state index contributed by atoms with van der Waals surface area (Å²) in [6, 6.07) is 0.420. The Morgan fingerprint density at radius 1 is 1.06 bits per heavy atom. The number of amides is 2. The Hall–Kier alpha value is -1.10. The van der Waals surface area contributed by atoms with Crippen molar-refractivity contribution in [2.24, 2.45) is 0 Å². The van der Waals surface area contributed by atoms with E-state index in [1.54, 1.807) is 11.8 Å². The van der Waals surface area contributed by atoms with Crippen molar-refractivity contribution >= 4 is 11.8 Å². The SMILES string of the molecule is CC(=O)N1CCN(C(=O)C2CCCC(C)N2)CC1. The average molecular weight is 253 g/mol. The molecule has 102 valence electrons. The lowest BCUT2D eigenvalue weighted by molar-refractivity contribution is -0.140. The Kier molecular flexibility index (Phi) is 4.22. The highest BCUT2D eigenvalue weighted by atomic mass is 16.2. The molecule has 0 aromatic rings. The van der Waals surface area contributed by atoms with Crippen LogP contribution in [0.3, 0.4) is 0 Å². The second-order valence-electron chi connectivity index (χ2n) is 5.38. The number of hydrogen-bond acceptors (Lipinski definition) is 3. The van der Waals surface area contributed by atoms with Crippen LogP contribution in [0.4, 0.5) is 0 Å². The van der Waals surface area contributed by atoms with Gasteiger partial charge in [0.25, 0.3) is 0 Å². The van der Waals surface area contributed by atoms with Crippen molar-refractivity contribution in [3.63, 3.8) is 0 Å². The zero-order valence-electron chi connectivity index (χ0n) is 11.3. The van der Waals surface area contributed by atoms with E-state index in [0.717, 1.165) is 19.3 Å². The van der Waals surface area contributed by atoms with Gasteiger partial charge in [-0.3, -0.25) is 9.59 Å². The first-order valence-electron chi connectivity index (χ1n) is 6.88. The van der Waals surface area contributed by atoms with Crippen molar-refractivity contribution in [3.8, 4) is 0 Å². The lowest BCUT2D eigenvalue weighted by Crippen LogP contribution is -2.56. The molecule has 2 rings (SSSR count). The number of rotatable bonds is 1. The van der Waals surface area contributed by atoms with Gasteiger partial charge in [0.1, 0.15) is 0 Å². The van der Waals surface area contributed by atoms with Gasteiger partial charge in [-0.1, -0.05) is 0 Å². The van der Waals surface area contributed by atoms with Gasteiger partial charge in [0, 0.05) is 39.1 Å². The van der Waals surface area contributed by atoms with Gasteiger partial charge in [-0.2, -0.15) is 0 Å². The molecule has 0 aromatic heterocycles. The van der Waals surface area contributed by atoms with Gasteiger partial charge in [-0.25, -0.2) is 0 Å². The van der Waals surface area contributed by atoms with E-state index < -0.39 is 0 Å². The minimum absolute atomic E-state index is 0.0161. The minimum atomic E-state index is -0.0161. The molecule has 2 heterocycles. The Bertz CT molecular complexity index is 324. The van der Waals surface area contributed by atoms with Crippen LogP contribution in [-0.4, -0.2) is 59.9 Å². The molecule has 2 amide bonds. The zero-order chi connectivity index (χ0) is 13.1. The summed E-state index contributed by atoms with van der Waals surface area (Å²) in [5, 5.41) is 3.38. The molecule has 2 saturated heterocycles. The van der Waals surface area contributed by atoms with Crippen LogP contribution in [0.25, 0.3) is 0 Å². The molecule has 0 aliphatic carbocycles. The van der Waals surface area contributed by atoms with Gasteiger partial charge in [0.2, 0.25) is 11.8 Å². The number of nitrogens with one attached hydrogen (secondary N) is 1. The quantitative estimate of drug-likeness (QED) is 0.727. The number of piperazine rings is 1. The molecular weight excluding hydrogens is 230 g/mol. The van der Waals surface area contributed by atoms with E-state index in [9.17, 15) is 9.59 Å². The van der Waals surface area contributed by atoms with Crippen LogP contribution in [0.2, 0.25) is 0 Å². The van der Waals surface area contributed by atoms with E-state index in [1.165, 1.54) is 0 Å². The second-order valence-corrected chi connectivity index (χ2v) is 5.38. The molecule has 2 aliphatic rings. The van der Waals surface area contributed by atoms with Crippen molar-refractivity contribution in [1.82, 2.24) is 15.1 Å². The van der Waals surface area contributed by atoms with Gasteiger partial charge in [-0.15, -0.1) is 0 Å². The molecular formula is C13H23N3O2. The molecule has 5 heteroatoms. The molecule has 0 aromatic carbocycles. The summed E-state index contributed by atoms with van der Waals surface area (Å²) in [5.41, 5.74) is 0. The predicted octanol–water partition coefficient (Wildman–Crippen LogP) is 0.208. The molecule has 0 saturated carbocycles. The van der Waals surface area contributed by atoms with Crippen LogP contribution in [0.5, 0.6) is 0 Å². The molecule has 2 atom stereocenters. The Balaban J connectivity index is 1.85. The summed E-state index contributed by atoms with van der Waals surface area (Å²) in [6.45, 7) is 6.40. The maximum Gasteiger partial charge on any atom is 0.239 e. The lowest BCUT2D eigenvalue weighted by atomic mass is 9.98. The van der Waals surface area contributed by atoms with E-state index >= 15 is 0 Å². The van der Waals surface area contributed by atoms with Crippen molar-refractivity contribution in [3.05, 3.63) is 0 Å². The standard InChI is InChI=1S/C13H23N3O2/c1-10-4-3-5-12(14-10)13(18)16-8-6-15(7-9-16)11(2)17/h10,12,14H,3-9H2,1-2H3. The van der Waals surface area contributed by atoms with E-state index in [4.69, 9.17) is 0 Å². The summed E-state index contributed by atoms with van der Waals surface area (Å²) in [7, 11) is 0. The van der Waals surface area contributed by atoms with Crippen molar-refractivity contribution in [1.29, 1.82) is 0 Å². The summed E-state index contributed by atoms with van der Waals surface area (Å²) in [5.74, 6) is 0.316. The first-order valence-corrected chi connectivity index (χ1v) is 6.88. The highest BCUT2D eigenvalue weighted by Crippen LogP contribution is 2.15. The van der Waals surface area contributed by atoms with Gasteiger partial charge in [0.15, 0.2) is 0 Å². The smallest absolute Gasteiger partial charge is 0.239 e. The Morgan fingerprint density at radius 2 is 1.67 bits per heavy atom. The number of carbonyl (C=O) groups is 2. The van der Waals surface area contributed by atoms with Gasteiger partial charge in [-0.05, 0) is 26.2 Å². The first kappa shape index (κ1) is 13.3. The Labute approximate surface area is 108 Å². The fraction of sp³-hybridized carbons (Fsp3) is 0.846. The number of hydrogen-bond donors (Lipinski definition) is 1. The topological polar surface area (TPSA) is 52.7 Å². The van der Waals surface area contributed by atoms with Gasteiger partial charge < -0.3 is 15.1 Å². The minimum Gasteiger partial charge on any atom is -0.339 e. The van der Waals surface area contributed by atoms with Crippen molar-refractivity contribution in [2.45, 2.75) is 45.2 Å². The third-order valence-electron chi connectivity index (χ3n) is 3.95. The molecule has 0 spiro atoms. The average Bonchev–Trinajstić information content (AvgIpc) is 2.38. The second kappa shape index (κ2) is 5.69. The molecule has 18 heavy (non-hydrogen) atoms. The molecule has 0 bridgehead atoms. The zero-order valence-corrected chi connectivity index (χ0v) is 11.3. The van der Waals surface area contributed by atoms with Gasteiger partial charge in [0.05, 0.1) is 6.04 Å². The number of nitrogens with zero attached hydrogens (tertiary/aromatic N) is 2. The van der Waals surface area contributed by atoms with Crippen LogP contribution in [0, 0.1) is 0 Å². The van der Waals surface area contributed by atoms with Crippen molar-refractivity contribution < 1.29 is 9.59 Å². The summed E-state index contributed by atoms with van der Waals surface area (Å²) >= 11 is 0. The first-order chi connectivity index (χ1) is 8.58. The van der Waals surface area contributed by atoms with E-state index in [1.807, 2.05) is 4.90 Å². The fourth-order valence-electron chi connectivity index (χ4n) is 2.80. The third kappa shape index (κ3) is 3.02. The van der Waals surface area contributed by atoms with E-state index in [-0.39, 0.29) is 17.9 Å². The predicted molar refractivity (Wildman–Crippen MR) is 69.1 cm³/mol. The lowest BCUT2D eigenvalue weighted by Gasteiger charge is -2.38. The van der Waals surface area contributed by atoms with Crippen LogP contribution in [-0.2, 0) is 9.59 Å². The van der Waals surface area contributed by atoms with E-state index in [2.05, 4.69) is 12.2 Å². The maximum atomic E-state index is 12.3. The van der Waals surface area contributed by atoms with E-state index in [0.29, 0.717) is 32.2 Å². The van der Waals surface area contributed by atoms with Crippen LogP contribution >= 0.6 is 0 Å². The number of piperidine rings is 1. The molecule has 2 aliphatic heterocycles. The number of carbonyl (C=O) groups excluding carboxylic acids is 2. The van der Waals surface area contributed by atoms with Crippen molar-refractivity contribution in [2.75, 3.05) is 26.2 Å². The highest BCUT2D eigenvalue weighted by molar-refractivity contribution is 5.82. The summed E-state index contributed by atoms with van der Waals surface area (Å²) in [4.78, 5) is 27.3. The highest BCUT2D eigenvalue weighted by Gasteiger charge is 2.30. The molecule has 1 N–H and O–H groups in total. The van der Waals surface area contributed by atoms with Gasteiger partial charge >= 0.3 is 0 Å². The monoisotopic (exact) mass is 253 g/mol. The third-order valence-corrected chi connectivity index (χ3v) is 3.95. The Morgan fingerprint density at radius 3 is 2.22 bits per heavy atom. The molecule has 0 radical (unpaired) electrons. The summed E-state index contributed by atoms with van der Waals surface area (Å²) in [6.07, 6.45) is 3.22. The van der Waals surface area contributed by atoms with Crippen LogP contribution < -0.4 is 5.32 Å². The fourth-order valence-corrected chi connectivity index (χ4v) is 2.80. The normalized spacial score (nSPS) is 29.2. The maximum absolute atomic E-state index is 12.3. The summed E-state index contributed by atoms with van der Waals surface area (Å²) < 4.78 is 0.